The van der Waals surface area contributed by atoms with Gasteiger partial charge in [-0.25, -0.2) is 5.84 Å². The number of nitrogens with zero attached hydrogens (tertiary/aromatic N) is 1. The van der Waals surface area contributed by atoms with Crippen LogP contribution in [0, 0.1) is 0 Å². The summed E-state index contributed by atoms with van der Waals surface area (Å²) in [5.41, 5.74) is 9.81. The van der Waals surface area contributed by atoms with Crippen molar-refractivity contribution in [3.05, 3.63) is 33.8 Å². The molecule has 1 fully saturated rings. The molecule has 1 unspecified atom stereocenters. The number of halogens is 1. The summed E-state index contributed by atoms with van der Waals surface area (Å²) in [4.78, 5) is 13.8. The predicted molar refractivity (Wildman–Crippen MR) is 78.3 cm³/mol. The lowest BCUT2D eigenvalue weighted by Gasteiger charge is -2.30. The fourth-order valence-electron chi connectivity index (χ4n) is 2.38. The Bertz CT molecular complexity index is 466. The second kappa shape index (κ2) is 6.47. The molecule has 1 saturated heterocycles. The van der Waals surface area contributed by atoms with Gasteiger partial charge in [0.2, 0.25) is 0 Å². The van der Waals surface area contributed by atoms with Crippen LogP contribution in [0.5, 0.6) is 0 Å². The van der Waals surface area contributed by atoms with Crippen LogP contribution in [0.4, 0.5) is 0 Å². The number of carbonyl (C=O) groups is 1. The van der Waals surface area contributed by atoms with E-state index in [4.69, 9.17) is 11.6 Å². The Kier molecular flexibility index (Phi) is 4.93. The van der Waals surface area contributed by atoms with Crippen LogP contribution in [-0.4, -0.2) is 29.9 Å². The van der Waals surface area contributed by atoms with Gasteiger partial charge in [-0.3, -0.25) is 15.1 Å². The topological polar surface area (TPSA) is 84.4 Å². The minimum Gasteiger partial charge on any atom is -0.327 e. The normalized spacial score (nSPS) is 20.3. The predicted octanol–water partition coefficient (Wildman–Crippen LogP) is 0.976. The highest BCUT2D eigenvalue weighted by Gasteiger charge is 2.17. The monoisotopic (exact) mass is 326 g/mol. The Morgan fingerprint density at radius 3 is 2.95 bits per heavy atom. The second-order valence-corrected chi connectivity index (χ2v) is 5.77. The Morgan fingerprint density at radius 2 is 2.32 bits per heavy atom. The first-order valence-corrected chi connectivity index (χ1v) is 7.16. The van der Waals surface area contributed by atoms with Crippen LogP contribution in [-0.2, 0) is 6.54 Å². The number of nitrogen functional groups attached to an aromatic ring is 1. The number of amides is 1. The van der Waals surface area contributed by atoms with E-state index >= 15 is 0 Å². The average Bonchev–Trinajstić information content (AvgIpc) is 2.40. The first kappa shape index (κ1) is 14.5. The van der Waals surface area contributed by atoms with Crippen molar-refractivity contribution in [2.75, 3.05) is 13.1 Å². The van der Waals surface area contributed by atoms with E-state index < -0.39 is 0 Å². The molecular weight excluding hydrogens is 308 g/mol. The van der Waals surface area contributed by atoms with Crippen LogP contribution in [0.25, 0.3) is 0 Å². The molecule has 0 saturated carbocycles. The first-order valence-electron chi connectivity index (χ1n) is 6.37. The van der Waals surface area contributed by atoms with E-state index in [-0.39, 0.29) is 11.9 Å². The van der Waals surface area contributed by atoms with E-state index in [1.807, 2.05) is 6.07 Å². The zero-order valence-corrected chi connectivity index (χ0v) is 12.3. The molecule has 0 spiro atoms. The van der Waals surface area contributed by atoms with E-state index in [2.05, 4.69) is 26.3 Å². The number of piperidine rings is 1. The lowest BCUT2D eigenvalue weighted by molar-refractivity contribution is 0.0953. The minimum absolute atomic E-state index is 0.273. The third kappa shape index (κ3) is 3.76. The summed E-state index contributed by atoms with van der Waals surface area (Å²) in [5.74, 6) is 4.83. The number of carbonyl (C=O) groups excluding carboxylic acids is 1. The molecule has 1 aliphatic heterocycles. The van der Waals surface area contributed by atoms with Gasteiger partial charge in [0.25, 0.3) is 5.91 Å². The lowest BCUT2D eigenvalue weighted by Crippen LogP contribution is -2.42. The van der Waals surface area contributed by atoms with Crippen molar-refractivity contribution in [3.63, 3.8) is 0 Å². The molecule has 0 bridgehead atoms. The van der Waals surface area contributed by atoms with Crippen LogP contribution >= 0.6 is 15.9 Å². The van der Waals surface area contributed by atoms with Gasteiger partial charge in [0.1, 0.15) is 0 Å². The summed E-state index contributed by atoms with van der Waals surface area (Å²) in [6.45, 7) is 2.85. The number of likely N-dealkylation sites (tertiary alicyclic amines) is 1. The molecule has 0 radical (unpaired) electrons. The number of benzene rings is 1. The third-order valence-electron chi connectivity index (χ3n) is 3.38. The average molecular weight is 327 g/mol. The molecule has 104 valence electrons. The molecule has 1 atom stereocenters. The summed E-state index contributed by atoms with van der Waals surface area (Å²) < 4.78 is 0.924. The Labute approximate surface area is 121 Å². The summed E-state index contributed by atoms with van der Waals surface area (Å²) in [6, 6.07) is 5.80. The number of hydrazine groups is 1. The molecule has 5 nitrogen and oxygen atoms in total. The maximum Gasteiger partial charge on any atom is 0.265 e. The van der Waals surface area contributed by atoms with E-state index in [1.165, 1.54) is 0 Å². The van der Waals surface area contributed by atoms with Crippen molar-refractivity contribution in [2.45, 2.75) is 25.4 Å². The standard InChI is InChI=1S/C13H19BrN4O/c14-12-6-9(13(19)17-16)3-4-10(12)7-18-5-1-2-11(15)8-18/h3-4,6,11H,1-2,5,7-8,15-16H2,(H,17,19). The molecule has 19 heavy (non-hydrogen) atoms. The molecule has 5 N–H and O–H groups in total. The maximum absolute atomic E-state index is 11.4. The Morgan fingerprint density at radius 1 is 1.53 bits per heavy atom. The van der Waals surface area contributed by atoms with Crippen molar-refractivity contribution in [1.82, 2.24) is 10.3 Å². The van der Waals surface area contributed by atoms with Gasteiger partial charge < -0.3 is 5.73 Å². The van der Waals surface area contributed by atoms with Gasteiger partial charge in [0.05, 0.1) is 0 Å². The summed E-state index contributed by atoms with van der Waals surface area (Å²) in [5, 5.41) is 0. The second-order valence-electron chi connectivity index (χ2n) is 4.92. The maximum atomic E-state index is 11.4. The van der Waals surface area contributed by atoms with Gasteiger partial charge in [-0.1, -0.05) is 22.0 Å². The van der Waals surface area contributed by atoms with Crippen molar-refractivity contribution < 1.29 is 4.79 Å². The smallest absolute Gasteiger partial charge is 0.265 e. The van der Waals surface area contributed by atoms with E-state index in [0.29, 0.717) is 5.56 Å². The van der Waals surface area contributed by atoms with E-state index in [1.54, 1.807) is 12.1 Å². The molecule has 0 aliphatic carbocycles. The van der Waals surface area contributed by atoms with Crippen LogP contribution in [0.15, 0.2) is 22.7 Å². The highest BCUT2D eigenvalue weighted by Crippen LogP contribution is 2.22. The highest BCUT2D eigenvalue weighted by molar-refractivity contribution is 9.10. The van der Waals surface area contributed by atoms with Crippen molar-refractivity contribution >= 4 is 21.8 Å². The molecule has 6 heteroatoms. The van der Waals surface area contributed by atoms with Crippen LogP contribution < -0.4 is 17.0 Å². The molecule has 1 aliphatic rings. The largest absolute Gasteiger partial charge is 0.327 e. The van der Waals surface area contributed by atoms with Crippen LogP contribution in [0.2, 0.25) is 0 Å². The van der Waals surface area contributed by atoms with Crippen LogP contribution in [0.3, 0.4) is 0 Å². The quantitative estimate of drug-likeness (QED) is 0.439. The zero-order valence-electron chi connectivity index (χ0n) is 10.7. The number of rotatable bonds is 3. The highest BCUT2D eigenvalue weighted by atomic mass is 79.9. The van der Waals surface area contributed by atoms with Gasteiger partial charge in [0.15, 0.2) is 0 Å². The van der Waals surface area contributed by atoms with Crippen molar-refractivity contribution in [1.29, 1.82) is 0 Å². The first-order chi connectivity index (χ1) is 9.10. The number of nitrogens with one attached hydrogen (secondary N) is 1. The summed E-state index contributed by atoms with van der Waals surface area (Å²) >= 11 is 3.51. The third-order valence-corrected chi connectivity index (χ3v) is 4.12. The van der Waals surface area contributed by atoms with Crippen molar-refractivity contribution in [2.24, 2.45) is 11.6 Å². The van der Waals surface area contributed by atoms with E-state index in [0.717, 1.165) is 42.5 Å². The lowest BCUT2D eigenvalue weighted by atomic mass is 10.1. The fraction of sp³-hybridized carbons (Fsp3) is 0.462. The van der Waals surface area contributed by atoms with Gasteiger partial charge in [-0.05, 0) is 37.1 Å². The van der Waals surface area contributed by atoms with E-state index in [9.17, 15) is 4.79 Å². The number of hydrogen-bond donors (Lipinski definition) is 3. The summed E-state index contributed by atoms with van der Waals surface area (Å²) in [7, 11) is 0. The number of nitrogens with two attached hydrogens (primary N) is 2. The SMILES string of the molecule is NNC(=O)c1ccc(CN2CCCC(N)C2)c(Br)c1. The summed E-state index contributed by atoms with van der Waals surface area (Å²) in [6.07, 6.45) is 2.25. The van der Waals surface area contributed by atoms with Gasteiger partial charge in [-0.2, -0.15) is 0 Å². The molecule has 1 heterocycles. The van der Waals surface area contributed by atoms with Crippen molar-refractivity contribution in [3.8, 4) is 0 Å². The molecule has 0 aromatic heterocycles. The van der Waals surface area contributed by atoms with Gasteiger partial charge in [-0.15, -0.1) is 0 Å². The fourth-order valence-corrected chi connectivity index (χ4v) is 2.88. The molecular formula is C13H19BrN4O. The minimum atomic E-state index is -0.285. The Hall–Kier alpha value is -0.950. The molecule has 2 rings (SSSR count). The molecule has 1 amide bonds. The molecule has 1 aromatic carbocycles. The van der Waals surface area contributed by atoms with Gasteiger partial charge in [0, 0.05) is 29.2 Å². The van der Waals surface area contributed by atoms with Gasteiger partial charge >= 0.3 is 0 Å². The Balaban J connectivity index is 2.06. The number of hydrogen-bond acceptors (Lipinski definition) is 4. The zero-order chi connectivity index (χ0) is 13.8. The van der Waals surface area contributed by atoms with Crippen LogP contribution in [0.1, 0.15) is 28.8 Å². The molecule has 1 aromatic rings.